The highest BCUT2D eigenvalue weighted by molar-refractivity contribution is 7.89. The van der Waals surface area contributed by atoms with Gasteiger partial charge in [0.1, 0.15) is 6.04 Å². The Morgan fingerprint density at radius 3 is 2.21 bits per heavy atom. The second-order valence-corrected chi connectivity index (χ2v) is 10.0. The molecule has 0 amide bonds. The fourth-order valence-corrected chi connectivity index (χ4v) is 5.57. The van der Waals surface area contributed by atoms with Crippen LogP contribution < -0.4 is 0 Å². The number of Topliss-reactive ketones (excluding diaryl/α,β-unsaturated/α-hetero) is 1. The number of hydrogen-bond donors (Lipinski definition) is 0. The van der Waals surface area contributed by atoms with E-state index in [1.165, 1.54) is 24.3 Å². The number of hydrogen-bond acceptors (Lipinski definition) is 5. The third-order valence-corrected chi connectivity index (χ3v) is 7.73. The molecule has 6 nitrogen and oxygen atoms in total. The average Bonchev–Trinajstić information content (AvgIpc) is 3.34. The van der Waals surface area contributed by atoms with Crippen molar-refractivity contribution in [3.8, 4) is 11.1 Å². The van der Waals surface area contributed by atoms with Crippen LogP contribution in [-0.2, 0) is 19.6 Å². The maximum Gasteiger partial charge on any atom is 0.324 e. The number of halogens is 1. The van der Waals surface area contributed by atoms with Gasteiger partial charge in [-0.3, -0.25) is 9.59 Å². The van der Waals surface area contributed by atoms with Gasteiger partial charge in [-0.05, 0) is 48.2 Å². The highest BCUT2D eigenvalue weighted by Gasteiger charge is 2.40. The van der Waals surface area contributed by atoms with Gasteiger partial charge in [-0.1, -0.05) is 66.2 Å². The highest BCUT2D eigenvalue weighted by atomic mass is 35.5. The quantitative estimate of drug-likeness (QED) is 0.363. The monoisotopic (exact) mass is 483 g/mol. The lowest BCUT2D eigenvalue weighted by atomic mass is 10.0. The smallest absolute Gasteiger partial charge is 0.324 e. The molecule has 170 valence electrons. The van der Waals surface area contributed by atoms with Crippen LogP contribution in [-0.4, -0.2) is 43.7 Å². The number of nitrogens with zero attached hydrogens (tertiary/aromatic N) is 1. The predicted molar refractivity (Wildman–Crippen MR) is 126 cm³/mol. The molecule has 1 saturated heterocycles. The first-order valence-electron chi connectivity index (χ1n) is 10.5. The van der Waals surface area contributed by atoms with E-state index in [1.807, 2.05) is 42.5 Å². The van der Waals surface area contributed by atoms with Crippen LogP contribution in [0.15, 0.2) is 83.8 Å². The second-order valence-electron chi connectivity index (χ2n) is 7.70. The zero-order valence-corrected chi connectivity index (χ0v) is 19.3. The minimum absolute atomic E-state index is 0.0567. The molecule has 0 aliphatic carbocycles. The molecule has 0 aromatic heterocycles. The third-order valence-electron chi connectivity index (χ3n) is 5.56. The van der Waals surface area contributed by atoms with Gasteiger partial charge in [-0.25, -0.2) is 8.42 Å². The average molecular weight is 484 g/mol. The number of esters is 1. The lowest BCUT2D eigenvalue weighted by Crippen LogP contribution is -2.41. The summed E-state index contributed by atoms with van der Waals surface area (Å²) in [5, 5.41) is 0.418. The maximum atomic E-state index is 13.0. The Bertz CT molecular complexity index is 1240. The Balaban J connectivity index is 1.39. The second kappa shape index (κ2) is 9.87. The summed E-state index contributed by atoms with van der Waals surface area (Å²) in [6, 6.07) is 21.6. The molecule has 1 fully saturated rings. The molecule has 0 unspecified atom stereocenters. The van der Waals surface area contributed by atoms with Gasteiger partial charge >= 0.3 is 5.97 Å². The van der Waals surface area contributed by atoms with Crippen molar-refractivity contribution < 1.29 is 22.7 Å². The van der Waals surface area contributed by atoms with Crippen molar-refractivity contribution in [3.05, 3.63) is 89.4 Å². The van der Waals surface area contributed by atoms with Crippen LogP contribution in [0.5, 0.6) is 0 Å². The number of ketones is 1. The van der Waals surface area contributed by atoms with E-state index in [0.29, 0.717) is 23.4 Å². The van der Waals surface area contributed by atoms with Crippen molar-refractivity contribution in [2.75, 3.05) is 13.2 Å². The van der Waals surface area contributed by atoms with Crippen molar-refractivity contribution in [1.82, 2.24) is 4.31 Å². The lowest BCUT2D eigenvalue weighted by molar-refractivity contribution is -0.146. The van der Waals surface area contributed by atoms with Gasteiger partial charge in [0.05, 0.1) is 4.90 Å². The molecule has 1 heterocycles. The summed E-state index contributed by atoms with van der Waals surface area (Å²) < 4.78 is 32.3. The molecule has 4 rings (SSSR count). The number of rotatable bonds is 7. The van der Waals surface area contributed by atoms with E-state index < -0.39 is 28.6 Å². The first-order chi connectivity index (χ1) is 15.9. The summed E-state index contributed by atoms with van der Waals surface area (Å²) in [6.07, 6.45) is 0.868. The summed E-state index contributed by atoms with van der Waals surface area (Å²) in [4.78, 5) is 25.2. The van der Waals surface area contributed by atoms with E-state index in [2.05, 4.69) is 0 Å². The summed E-state index contributed by atoms with van der Waals surface area (Å²) in [7, 11) is -3.88. The van der Waals surface area contributed by atoms with Crippen LogP contribution in [0.25, 0.3) is 11.1 Å². The minimum atomic E-state index is -3.88. The van der Waals surface area contributed by atoms with Crippen LogP contribution in [0.4, 0.5) is 0 Å². The molecule has 3 aromatic carbocycles. The van der Waals surface area contributed by atoms with Crippen LogP contribution in [0, 0.1) is 0 Å². The molecule has 0 spiro atoms. The Morgan fingerprint density at radius 2 is 1.55 bits per heavy atom. The first kappa shape index (κ1) is 23.2. The molecule has 8 heteroatoms. The summed E-state index contributed by atoms with van der Waals surface area (Å²) in [6.45, 7) is -0.242. The van der Waals surface area contributed by atoms with Gasteiger partial charge < -0.3 is 4.74 Å². The Labute approximate surface area is 197 Å². The van der Waals surface area contributed by atoms with E-state index in [9.17, 15) is 18.0 Å². The topological polar surface area (TPSA) is 80.8 Å². The molecule has 0 N–H and O–H groups in total. The van der Waals surface area contributed by atoms with E-state index >= 15 is 0 Å². The number of ether oxygens (including phenoxy) is 1. The van der Waals surface area contributed by atoms with Gasteiger partial charge in [-0.2, -0.15) is 4.31 Å². The molecule has 3 aromatic rings. The van der Waals surface area contributed by atoms with E-state index in [4.69, 9.17) is 16.3 Å². The Hall–Kier alpha value is -3.00. The zero-order valence-electron chi connectivity index (χ0n) is 17.7. The molecule has 1 aliphatic rings. The van der Waals surface area contributed by atoms with Crippen LogP contribution in [0.2, 0.25) is 5.02 Å². The van der Waals surface area contributed by atoms with E-state index in [1.54, 1.807) is 12.1 Å². The van der Waals surface area contributed by atoms with Crippen LogP contribution in [0.3, 0.4) is 0 Å². The predicted octanol–water partition coefficient (Wildman–Crippen LogP) is 4.59. The SMILES string of the molecule is O=C(COC(=O)[C@@H]1CCCN1S(=O)(=O)c1ccc(Cl)cc1)c1ccc(-c2ccccc2)cc1. The minimum Gasteiger partial charge on any atom is -0.456 e. The number of carbonyl (C=O) groups excluding carboxylic acids is 2. The van der Waals surface area contributed by atoms with Crippen molar-refractivity contribution >= 4 is 33.4 Å². The molecule has 1 aliphatic heterocycles. The fraction of sp³-hybridized carbons (Fsp3) is 0.200. The molecule has 0 saturated carbocycles. The summed E-state index contributed by atoms with van der Waals surface area (Å²) in [5.74, 6) is -1.08. The van der Waals surface area contributed by atoms with Crippen LogP contribution >= 0.6 is 11.6 Å². The first-order valence-corrected chi connectivity index (χ1v) is 12.3. The van der Waals surface area contributed by atoms with Gasteiger partial charge in [0, 0.05) is 17.1 Å². The molecular weight excluding hydrogens is 462 g/mol. The number of benzene rings is 3. The van der Waals surface area contributed by atoms with E-state index in [0.717, 1.165) is 15.4 Å². The summed E-state index contributed by atoms with van der Waals surface area (Å²) in [5.41, 5.74) is 2.42. The molecule has 0 bridgehead atoms. The Kier molecular flexibility index (Phi) is 6.93. The van der Waals surface area contributed by atoms with Crippen molar-refractivity contribution in [2.45, 2.75) is 23.8 Å². The Morgan fingerprint density at radius 1 is 0.909 bits per heavy atom. The largest absolute Gasteiger partial charge is 0.456 e. The van der Waals surface area contributed by atoms with Gasteiger partial charge in [0.25, 0.3) is 0 Å². The molecular formula is C25H22ClNO5S. The standard InChI is InChI=1S/C25H22ClNO5S/c26-21-12-14-22(15-13-21)33(30,31)27-16-4-7-23(27)25(29)32-17-24(28)20-10-8-19(9-11-20)18-5-2-1-3-6-18/h1-3,5-6,8-15,23H,4,7,16-17H2/t23-/m0/s1. The van der Waals surface area contributed by atoms with Crippen molar-refractivity contribution in [2.24, 2.45) is 0 Å². The molecule has 33 heavy (non-hydrogen) atoms. The van der Waals surface area contributed by atoms with Crippen molar-refractivity contribution in [3.63, 3.8) is 0 Å². The van der Waals surface area contributed by atoms with Gasteiger partial charge in [0.15, 0.2) is 12.4 Å². The zero-order chi connectivity index (χ0) is 23.4. The maximum absolute atomic E-state index is 13.0. The number of carbonyl (C=O) groups is 2. The molecule has 1 atom stereocenters. The molecule has 0 radical (unpaired) electrons. The third kappa shape index (κ3) is 5.16. The highest BCUT2D eigenvalue weighted by Crippen LogP contribution is 2.27. The van der Waals surface area contributed by atoms with Gasteiger partial charge in [-0.15, -0.1) is 0 Å². The summed E-state index contributed by atoms with van der Waals surface area (Å²) >= 11 is 5.85. The van der Waals surface area contributed by atoms with E-state index in [-0.39, 0.29) is 17.2 Å². The lowest BCUT2D eigenvalue weighted by Gasteiger charge is -2.22. The number of sulfonamides is 1. The van der Waals surface area contributed by atoms with Crippen LogP contribution in [0.1, 0.15) is 23.2 Å². The van der Waals surface area contributed by atoms with Gasteiger partial charge in [0.2, 0.25) is 10.0 Å². The fourth-order valence-electron chi connectivity index (χ4n) is 3.80. The van der Waals surface area contributed by atoms with Crippen molar-refractivity contribution in [1.29, 1.82) is 0 Å². The normalized spacial score (nSPS) is 16.5.